The summed E-state index contributed by atoms with van der Waals surface area (Å²) in [4.78, 5) is 12.5. The lowest BCUT2D eigenvalue weighted by molar-refractivity contribution is -0.155. The molecule has 1 unspecified atom stereocenters. The number of halogens is 4. The van der Waals surface area contributed by atoms with Gasteiger partial charge in [-0.05, 0) is 36.8 Å². The van der Waals surface area contributed by atoms with E-state index in [9.17, 15) is 22.4 Å². The molecule has 2 aromatic carbocycles. The monoisotopic (exact) mass is 377 g/mol. The number of carbonyl (C=O) groups is 1. The number of benzene rings is 2. The van der Waals surface area contributed by atoms with Gasteiger partial charge in [0.2, 0.25) is 0 Å². The van der Waals surface area contributed by atoms with Crippen molar-refractivity contribution in [3.05, 3.63) is 83.4 Å². The molecule has 27 heavy (non-hydrogen) atoms. The predicted molar refractivity (Wildman–Crippen MR) is 91.0 cm³/mol. The molecule has 0 radical (unpaired) electrons. The zero-order valence-electron chi connectivity index (χ0n) is 14.2. The summed E-state index contributed by atoms with van der Waals surface area (Å²) in [6, 6.07) is 10.4. The van der Waals surface area contributed by atoms with Crippen LogP contribution >= 0.6 is 0 Å². The number of hydrogen-bond donors (Lipinski definition) is 1. The van der Waals surface area contributed by atoms with Gasteiger partial charge < -0.3 is 5.32 Å². The minimum Gasteiger partial charge on any atom is -0.337 e. The predicted octanol–water partition coefficient (Wildman–Crippen LogP) is 4.35. The van der Waals surface area contributed by atoms with Crippen LogP contribution in [-0.4, -0.2) is 21.9 Å². The van der Waals surface area contributed by atoms with Crippen LogP contribution in [0.1, 0.15) is 27.7 Å². The van der Waals surface area contributed by atoms with E-state index in [-0.39, 0.29) is 11.1 Å². The van der Waals surface area contributed by atoms with E-state index in [4.69, 9.17) is 0 Å². The molecule has 0 aliphatic rings. The molecular formula is C19H15F4N3O. The van der Waals surface area contributed by atoms with Crippen molar-refractivity contribution >= 4 is 5.91 Å². The maximum absolute atomic E-state index is 13.4. The molecule has 0 saturated carbocycles. The van der Waals surface area contributed by atoms with Gasteiger partial charge in [-0.25, -0.2) is 9.07 Å². The van der Waals surface area contributed by atoms with Gasteiger partial charge >= 0.3 is 6.18 Å². The average molecular weight is 377 g/mol. The molecule has 1 heterocycles. The summed E-state index contributed by atoms with van der Waals surface area (Å²) in [5.41, 5.74) is 0.767. The minimum absolute atomic E-state index is 0.00417. The third-order valence-electron chi connectivity index (χ3n) is 4.06. The van der Waals surface area contributed by atoms with Crippen molar-refractivity contribution in [2.24, 2.45) is 0 Å². The summed E-state index contributed by atoms with van der Waals surface area (Å²) >= 11 is 0. The van der Waals surface area contributed by atoms with Gasteiger partial charge in [0.15, 0.2) is 6.04 Å². The standard InChI is InChI=1S/C19H15F4N3O/c1-12-16(11-24-26(12)15-9-7-14(20)8-10-15)18(27)25-17(19(21,22)23)13-5-3-2-4-6-13/h2-11,17H,1H3,(H,25,27). The number of nitrogens with one attached hydrogen (secondary N) is 1. The highest BCUT2D eigenvalue weighted by Gasteiger charge is 2.42. The molecule has 3 aromatic rings. The van der Waals surface area contributed by atoms with Gasteiger partial charge in [-0.2, -0.15) is 18.3 Å². The summed E-state index contributed by atoms with van der Waals surface area (Å²) in [5, 5.41) is 6.06. The van der Waals surface area contributed by atoms with E-state index in [0.717, 1.165) is 0 Å². The smallest absolute Gasteiger partial charge is 0.337 e. The van der Waals surface area contributed by atoms with Crippen molar-refractivity contribution in [2.45, 2.75) is 19.1 Å². The zero-order valence-corrected chi connectivity index (χ0v) is 14.2. The summed E-state index contributed by atoms with van der Waals surface area (Å²) in [5.74, 6) is -1.33. The maximum Gasteiger partial charge on any atom is 0.412 e. The van der Waals surface area contributed by atoms with Crippen molar-refractivity contribution < 1.29 is 22.4 Å². The van der Waals surface area contributed by atoms with Crippen LogP contribution < -0.4 is 5.32 Å². The third kappa shape index (κ3) is 3.99. The van der Waals surface area contributed by atoms with Gasteiger partial charge in [0.25, 0.3) is 5.91 Å². The molecule has 0 bridgehead atoms. The van der Waals surface area contributed by atoms with Crippen molar-refractivity contribution in [3.8, 4) is 5.69 Å². The summed E-state index contributed by atoms with van der Waals surface area (Å²) in [7, 11) is 0. The van der Waals surface area contributed by atoms with Crippen LogP contribution in [0.15, 0.2) is 60.8 Å². The molecule has 0 spiro atoms. The molecule has 1 aromatic heterocycles. The van der Waals surface area contributed by atoms with Gasteiger partial charge in [0.05, 0.1) is 23.1 Å². The highest BCUT2D eigenvalue weighted by atomic mass is 19.4. The minimum atomic E-state index is -4.65. The van der Waals surface area contributed by atoms with Crippen molar-refractivity contribution in [3.63, 3.8) is 0 Å². The fraction of sp³-hybridized carbons (Fsp3) is 0.158. The van der Waals surface area contributed by atoms with Gasteiger partial charge in [-0.15, -0.1) is 0 Å². The van der Waals surface area contributed by atoms with Gasteiger partial charge in [0, 0.05) is 0 Å². The zero-order chi connectivity index (χ0) is 19.6. The summed E-state index contributed by atoms with van der Waals surface area (Å²) < 4.78 is 54.7. The molecule has 0 fully saturated rings. The van der Waals surface area contributed by atoms with Crippen molar-refractivity contribution in [1.29, 1.82) is 0 Å². The van der Waals surface area contributed by atoms with E-state index < -0.39 is 23.9 Å². The Morgan fingerprint density at radius 3 is 2.30 bits per heavy atom. The van der Waals surface area contributed by atoms with Crippen LogP contribution in [0.2, 0.25) is 0 Å². The first kappa shape index (κ1) is 18.6. The fourth-order valence-corrected chi connectivity index (χ4v) is 2.68. The SMILES string of the molecule is Cc1c(C(=O)NC(c2ccccc2)C(F)(F)F)cnn1-c1ccc(F)cc1. The molecule has 0 saturated heterocycles. The second-order valence-electron chi connectivity index (χ2n) is 5.89. The normalized spacial score (nSPS) is 12.6. The number of rotatable bonds is 4. The second kappa shape index (κ2) is 7.22. The van der Waals surface area contributed by atoms with Gasteiger partial charge in [-0.1, -0.05) is 30.3 Å². The van der Waals surface area contributed by atoms with Gasteiger partial charge in [-0.3, -0.25) is 4.79 Å². The first-order chi connectivity index (χ1) is 12.8. The van der Waals surface area contributed by atoms with Crippen molar-refractivity contribution in [2.75, 3.05) is 0 Å². The lowest BCUT2D eigenvalue weighted by Gasteiger charge is -2.22. The van der Waals surface area contributed by atoms with E-state index in [1.54, 1.807) is 13.0 Å². The summed E-state index contributed by atoms with van der Waals surface area (Å²) in [6.45, 7) is 1.55. The van der Waals surface area contributed by atoms with Crippen LogP contribution in [0, 0.1) is 12.7 Å². The van der Waals surface area contributed by atoms with Crippen LogP contribution in [0.25, 0.3) is 5.69 Å². The van der Waals surface area contributed by atoms with E-state index in [2.05, 4.69) is 5.10 Å². The molecule has 1 amide bonds. The van der Waals surface area contributed by atoms with Crippen LogP contribution in [0.4, 0.5) is 17.6 Å². The van der Waals surface area contributed by atoms with Gasteiger partial charge in [0.1, 0.15) is 5.82 Å². The highest BCUT2D eigenvalue weighted by molar-refractivity contribution is 5.95. The molecule has 8 heteroatoms. The lowest BCUT2D eigenvalue weighted by Crippen LogP contribution is -2.38. The van der Waals surface area contributed by atoms with E-state index in [1.807, 2.05) is 5.32 Å². The Hall–Kier alpha value is -3.16. The topological polar surface area (TPSA) is 46.9 Å². The molecule has 0 aliphatic heterocycles. The van der Waals surface area contributed by atoms with Crippen LogP contribution in [-0.2, 0) is 0 Å². The Balaban J connectivity index is 1.88. The average Bonchev–Trinajstić information content (AvgIpc) is 3.01. The largest absolute Gasteiger partial charge is 0.412 e. The molecule has 1 N–H and O–H groups in total. The molecular weight excluding hydrogens is 362 g/mol. The Bertz CT molecular complexity index is 934. The Morgan fingerprint density at radius 2 is 1.70 bits per heavy atom. The molecule has 140 valence electrons. The van der Waals surface area contributed by atoms with E-state index in [0.29, 0.717) is 11.4 Å². The number of aromatic nitrogens is 2. The number of carbonyl (C=O) groups excluding carboxylic acids is 1. The van der Waals surface area contributed by atoms with Crippen molar-refractivity contribution in [1.82, 2.24) is 15.1 Å². The Kier molecular flexibility index (Phi) is 4.98. The molecule has 1 atom stereocenters. The third-order valence-corrected chi connectivity index (χ3v) is 4.06. The quantitative estimate of drug-likeness (QED) is 0.687. The molecule has 3 rings (SSSR count). The highest BCUT2D eigenvalue weighted by Crippen LogP contribution is 2.33. The maximum atomic E-state index is 13.4. The van der Waals surface area contributed by atoms with E-state index in [1.165, 1.54) is 59.4 Å². The number of hydrogen-bond acceptors (Lipinski definition) is 2. The number of alkyl halides is 3. The number of nitrogens with zero attached hydrogens (tertiary/aromatic N) is 2. The lowest BCUT2D eigenvalue weighted by atomic mass is 10.1. The fourth-order valence-electron chi connectivity index (χ4n) is 2.68. The number of amides is 1. The first-order valence-electron chi connectivity index (χ1n) is 8.00. The molecule has 0 aliphatic carbocycles. The van der Waals surface area contributed by atoms with E-state index >= 15 is 0 Å². The first-order valence-corrected chi connectivity index (χ1v) is 8.00. The summed E-state index contributed by atoms with van der Waals surface area (Å²) in [6.07, 6.45) is -3.47. The Labute approximate surface area is 152 Å². The van der Waals surface area contributed by atoms with Crippen LogP contribution in [0.3, 0.4) is 0 Å². The van der Waals surface area contributed by atoms with Crippen LogP contribution in [0.5, 0.6) is 0 Å². The molecule has 4 nitrogen and oxygen atoms in total. The second-order valence-corrected chi connectivity index (χ2v) is 5.89. The Morgan fingerprint density at radius 1 is 1.07 bits per heavy atom.